The maximum atomic E-state index is 10.8. The summed E-state index contributed by atoms with van der Waals surface area (Å²) < 4.78 is 1.57. The number of primary amides is 1. The minimum absolute atomic E-state index is 0.145. The van der Waals surface area contributed by atoms with Crippen molar-refractivity contribution < 1.29 is 4.79 Å². The van der Waals surface area contributed by atoms with Crippen LogP contribution in [0.25, 0.3) is 0 Å². The van der Waals surface area contributed by atoms with Crippen LogP contribution in [0.4, 0.5) is 5.69 Å². The molecule has 0 spiro atoms. The van der Waals surface area contributed by atoms with Gasteiger partial charge in [-0.15, -0.1) is 0 Å². The van der Waals surface area contributed by atoms with Crippen LogP contribution in [0.1, 0.15) is 38.5 Å². The first-order valence-electron chi connectivity index (χ1n) is 6.31. The topological polar surface area (TPSA) is 72.9 Å². The number of hydrogen-bond donors (Lipinski definition) is 2. The van der Waals surface area contributed by atoms with Gasteiger partial charge in [0.05, 0.1) is 11.9 Å². The predicted molar refractivity (Wildman–Crippen MR) is 66.5 cm³/mol. The number of carbonyl (C=O) groups excluding carboxylic acids is 1. The molecule has 17 heavy (non-hydrogen) atoms. The molecule has 1 amide bonds. The van der Waals surface area contributed by atoms with E-state index in [2.05, 4.69) is 10.4 Å². The summed E-state index contributed by atoms with van der Waals surface area (Å²) in [7, 11) is 0. The first kappa shape index (κ1) is 12.0. The third-order valence-electron chi connectivity index (χ3n) is 3.18. The summed E-state index contributed by atoms with van der Waals surface area (Å²) in [6.07, 6.45) is 11.3. The minimum Gasteiger partial charge on any atom is -0.380 e. The van der Waals surface area contributed by atoms with Gasteiger partial charge in [-0.1, -0.05) is 25.7 Å². The molecule has 1 aromatic rings. The van der Waals surface area contributed by atoms with E-state index < -0.39 is 0 Å². The fourth-order valence-electron chi connectivity index (χ4n) is 2.34. The molecule has 0 unspecified atom stereocenters. The van der Waals surface area contributed by atoms with Crippen molar-refractivity contribution in [2.75, 3.05) is 5.32 Å². The second-order valence-corrected chi connectivity index (χ2v) is 4.73. The summed E-state index contributed by atoms with van der Waals surface area (Å²) in [4.78, 5) is 10.8. The normalized spacial score (nSPS) is 17.6. The van der Waals surface area contributed by atoms with Crippen molar-refractivity contribution >= 4 is 11.6 Å². The van der Waals surface area contributed by atoms with E-state index in [9.17, 15) is 4.79 Å². The lowest BCUT2D eigenvalue weighted by molar-refractivity contribution is -0.118. The molecule has 3 N–H and O–H groups in total. The molecule has 1 aliphatic carbocycles. The van der Waals surface area contributed by atoms with Crippen molar-refractivity contribution in [2.45, 2.75) is 51.1 Å². The second-order valence-electron chi connectivity index (χ2n) is 4.73. The molecule has 0 atom stereocenters. The number of nitrogens with one attached hydrogen (secondary N) is 1. The molecule has 0 aromatic carbocycles. The van der Waals surface area contributed by atoms with E-state index in [0.29, 0.717) is 6.04 Å². The van der Waals surface area contributed by atoms with Crippen LogP contribution in [0.15, 0.2) is 12.4 Å². The number of anilines is 1. The molecule has 1 aromatic heterocycles. The number of amides is 1. The van der Waals surface area contributed by atoms with E-state index in [1.54, 1.807) is 10.9 Å². The van der Waals surface area contributed by atoms with Crippen LogP contribution in [-0.2, 0) is 11.3 Å². The molecule has 1 saturated carbocycles. The Kier molecular flexibility index (Phi) is 4.01. The van der Waals surface area contributed by atoms with Gasteiger partial charge in [-0.2, -0.15) is 5.10 Å². The Morgan fingerprint density at radius 3 is 2.76 bits per heavy atom. The molecule has 0 radical (unpaired) electrons. The number of hydrogen-bond acceptors (Lipinski definition) is 3. The van der Waals surface area contributed by atoms with Gasteiger partial charge in [0.25, 0.3) is 0 Å². The van der Waals surface area contributed by atoms with Crippen molar-refractivity contribution in [3.05, 3.63) is 12.4 Å². The van der Waals surface area contributed by atoms with Gasteiger partial charge in [-0.3, -0.25) is 9.48 Å². The van der Waals surface area contributed by atoms with Gasteiger partial charge < -0.3 is 11.1 Å². The number of nitrogens with zero attached hydrogens (tertiary/aromatic N) is 2. The minimum atomic E-state index is -0.367. The molecule has 94 valence electrons. The monoisotopic (exact) mass is 236 g/mol. The van der Waals surface area contributed by atoms with Crippen molar-refractivity contribution in [3.8, 4) is 0 Å². The molecular formula is C12H20N4O. The van der Waals surface area contributed by atoms with Crippen LogP contribution < -0.4 is 11.1 Å². The molecule has 0 aliphatic heterocycles. The zero-order chi connectivity index (χ0) is 12.1. The van der Waals surface area contributed by atoms with E-state index >= 15 is 0 Å². The maximum Gasteiger partial charge on any atom is 0.239 e. The lowest BCUT2D eigenvalue weighted by atomic mass is 10.1. The number of aromatic nitrogens is 2. The second kappa shape index (κ2) is 5.70. The molecule has 5 heteroatoms. The fourth-order valence-corrected chi connectivity index (χ4v) is 2.34. The van der Waals surface area contributed by atoms with E-state index in [1.165, 1.54) is 38.5 Å². The third-order valence-corrected chi connectivity index (χ3v) is 3.18. The molecule has 0 bridgehead atoms. The van der Waals surface area contributed by atoms with Crippen LogP contribution in [0, 0.1) is 0 Å². The summed E-state index contributed by atoms with van der Waals surface area (Å²) in [5.41, 5.74) is 6.10. The lowest BCUT2D eigenvalue weighted by Crippen LogP contribution is -2.19. The Labute approximate surface area is 101 Å². The lowest BCUT2D eigenvalue weighted by Gasteiger charge is -2.15. The highest BCUT2D eigenvalue weighted by molar-refractivity contribution is 5.73. The Morgan fingerprint density at radius 2 is 2.12 bits per heavy atom. The zero-order valence-electron chi connectivity index (χ0n) is 10.1. The number of rotatable bonds is 4. The van der Waals surface area contributed by atoms with Crippen LogP contribution >= 0.6 is 0 Å². The largest absolute Gasteiger partial charge is 0.380 e. The Balaban J connectivity index is 1.89. The van der Waals surface area contributed by atoms with Gasteiger partial charge in [0, 0.05) is 12.2 Å². The van der Waals surface area contributed by atoms with E-state index in [-0.39, 0.29) is 12.5 Å². The Hall–Kier alpha value is -1.52. The molecule has 5 nitrogen and oxygen atoms in total. The molecule has 1 heterocycles. The quantitative estimate of drug-likeness (QED) is 0.778. The molecule has 0 saturated heterocycles. The van der Waals surface area contributed by atoms with E-state index in [4.69, 9.17) is 5.73 Å². The summed E-state index contributed by atoms with van der Waals surface area (Å²) in [6, 6.07) is 0.545. The average Bonchev–Trinajstić information content (AvgIpc) is 2.54. The van der Waals surface area contributed by atoms with Crippen molar-refractivity contribution in [3.63, 3.8) is 0 Å². The van der Waals surface area contributed by atoms with Gasteiger partial charge in [0.1, 0.15) is 6.54 Å². The highest BCUT2D eigenvalue weighted by Gasteiger charge is 2.12. The first-order chi connectivity index (χ1) is 8.24. The molecular weight excluding hydrogens is 216 g/mol. The summed E-state index contributed by atoms with van der Waals surface area (Å²) in [5, 5.41) is 7.58. The average molecular weight is 236 g/mol. The van der Waals surface area contributed by atoms with Gasteiger partial charge in [-0.05, 0) is 12.8 Å². The first-order valence-corrected chi connectivity index (χ1v) is 6.31. The van der Waals surface area contributed by atoms with Crippen LogP contribution in [0.3, 0.4) is 0 Å². The number of carbonyl (C=O) groups is 1. The number of nitrogens with two attached hydrogens (primary N) is 1. The third kappa shape index (κ3) is 3.76. The van der Waals surface area contributed by atoms with Gasteiger partial charge >= 0.3 is 0 Å². The maximum absolute atomic E-state index is 10.8. The van der Waals surface area contributed by atoms with Gasteiger partial charge in [0.2, 0.25) is 5.91 Å². The highest BCUT2D eigenvalue weighted by atomic mass is 16.1. The SMILES string of the molecule is NC(=O)Cn1cc(NC2CCCCCC2)cn1. The summed E-state index contributed by atoms with van der Waals surface area (Å²) in [6.45, 7) is 0.145. The van der Waals surface area contributed by atoms with Gasteiger partial charge in [-0.25, -0.2) is 0 Å². The molecule has 1 fully saturated rings. The fraction of sp³-hybridized carbons (Fsp3) is 0.667. The Bertz CT molecular complexity index is 366. The smallest absolute Gasteiger partial charge is 0.239 e. The summed E-state index contributed by atoms with van der Waals surface area (Å²) in [5.74, 6) is -0.367. The highest BCUT2D eigenvalue weighted by Crippen LogP contribution is 2.20. The van der Waals surface area contributed by atoms with Crippen LogP contribution in [-0.4, -0.2) is 21.7 Å². The van der Waals surface area contributed by atoms with Crippen molar-refractivity contribution in [1.82, 2.24) is 9.78 Å². The van der Waals surface area contributed by atoms with Crippen molar-refractivity contribution in [1.29, 1.82) is 0 Å². The van der Waals surface area contributed by atoms with Crippen LogP contribution in [0.5, 0.6) is 0 Å². The van der Waals surface area contributed by atoms with E-state index in [1.807, 2.05) is 6.20 Å². The predicted octanol–water partition coefficient (Wildman–Crippen LogP) is 1.50. The summed E-state index contributed by atoms with van der Waals surface area (Å²) >= 11 is 0. The van der Waals surface area contributed by atoms with Gasteiger partial charge in [0.15, 0.2) is 0 Å². The molecule has 1 aliphatic rings. The van der Waals surface area contributed by atoms with Crippen LogP contribution in [0.2, 0.25) is 0 Å². The van der Waals surface area contributed by atoms with E-state index in [0.717, 1.165) is 5.69 Å². The van der Waals surface area contributed by atoms with Crippen molar-refractivity contribution in [2.24, 2.45) is 5.73 Å². The zero-order valence-corrected chi connectivity index (χ0v) is 10.1. The molecule has 2 rings (SSSR count). The Morgan fingerprint density at radius 1 is 1.41 bits per heavy atom. The standard InChI is InChI=1S/C12H20N4O/c13-12(17)9-16-8-11(7-14-16)15-10-5-3-1-2-4-6-10/h7-8,10,15H,1-6,9H2,(H2,13,17).